The minimum Gasteiger partial charge on any atom is -0.414 e. The number of ether oxygens (including phenoxy) is 1. The van der Waals surface area contributed by atoms with E-state index in [2.05, 4.69) is 76.8 Å². The number of fused-ring (bicyclic) bond motifs is 2. The molecule has 2 aromatic rings. The third-order valence-corrected chi connectivity index (χ3v) is 17.3. The van der Waals surface area contributed by atoms with E-state index in [0.717, 1.165) is 0 Å². The third kappa shape index (κ3) is 4.21. The molecule has 0 bridgehead atoms. The Morgan fingerprint density at radius 2 is 1.61 bits per heavy atom. The topological polar surface area (TPSA) is 80.5 Å². The van der Waals surface area contributed by atoms with Crippen LogP contribution in [0.25, 0.3) is 11.2 Å². The van der Waals surface area contributed by atoms with Crippen molar-refractivity contribution in [3.05, 3.63) is 24.2 Å². The van der Waals surface area contributed by atoms with Gasteiger partial charge in [0.2, 0.25) is 0 Å². The van der Waals surface area contributed by atoms with Crippen molar-refractivity contribution in [2.75, 3.05) is 6.61 Å². The molecular weight excluding hydrogens is 476 g/mol. The van der Waals surface area contributed by atoms with Crippen LogP contribution in [0.4, 0.5) is 0 Å². The molecule has 8 nitrogen and oxygen atoms in total. The summed E-state index contributed by atoms with van der Waals surface area (Å²) in [5.74, 6) is 0. The van der Waals surface area contributed by atoms with Crippen LogP contribution in [0, 0.1) is 6.42 Å². The molecular formula is C22H35ClN4O4Si2. The summed E-state index contributed by atoms with van der Waals surface area (Å²) in [4.78, 5) is 12.8. The van der Waals surface area contributed by atoms with Crippen LogP contribution in [0.15, 0.2) is 12.7 Å². The fraction of sp³-hybridized carbons (Fsp3) is 0.727. The number of aromatic nitrogens is 4. The zero-order chi connectivity index (χ0) is 24.1. The molecule has 4 rings (SSSR count). The second-order valence-corrected chi connectivity index (χ2v) is 19.4. The van der Waals surface area contributed by atoms with E-state index < -0.39 is 23.3 Å². The SMILES string of the molecule is CC(C)[Si]1(C(C)C)OC[C@H]2O[C@@H](n3cnc4c(Cl)ncnc43)[C][C@H]2O[Si](C(C)C)(C(C)C)O1. The molecule has 2 aliphatic rings. The van der Waals surface area contributed by atoms with E-state index in [1.807, 2.05) is 4.57 Å². The van der Waals surface area contributed by atoms with Crippen molar-refractivity contribution < 1.29 is 17.7 Å². The van der Waals surface area contributed by atoms with E-state index in [4.69, 9.17) is 29.3 Å². The minimum atomic E-state index is -2.72. The Labute approximate surface area is 203 Å². The maximum Gasteiger partial charge on any atom is 0.335 e. The Balaban J connectivity index is 1.72. The molecule has 0 spiro atoms. The molecule has 2 aromatic heterocycles. The van der Waals surface area contributed by atoms with Gasteiger partial charge in [-0.15, -0.1) is 0 Å². The smallest absolute Gasteiger partial charge is 0.335 e. The summed E-state index contributed by atoms with van der Waals surface area (Å²) in [6, 6.07) is 0. The van der Waals surface area contributed by atoms with Crippen molar-refractivity contribution in [1.82, 2.24) is 19.5 Å². The molecule has 3 atom stereocenters. The molecule has 2 aliphatic heterocycles. The summed E-state index contributed by atoms with van der Waals surface area (Å²) in [6.07, 6.45) is 5.41. The zero-order valence-corrected chi connectivity index (χ0v) is 23.5. The van der Waals surface area contributed by atoms with Gasteiger partial charge in [0.1, 0.15) is 24.2 Å². The monoisotopic (exact) mass is 510 g/mol. The van der Waals surface area contributed by atoms with E-state index in [9.17, 15) is 0 Å². The lowest BCUT2D eigenvalue weighted by molar-refractivity contribution is -0.0541. The third-order valence-electron chi connectivity index (χ3n) is 6.84. The maximum absolute atomic E-state index is 7.21. The van der Waals surface area contributed by atoms with E-state index in [-0.39, 0.29) is 34.4 Å². The molecule has 0 aliphatic carbocycles. The number of hydrogen-bond donors (Lipinski definition) is 0. The molecule has 11 heteroatoms. The van der Waals surface area contributed by atoms with Crippen LogP contribution < -0.4 is 0 Å². The van der Waals surface area contributed by atoms with Gasteiger partial charge in [-0.05, 0) is 22.2 Å². The molecule has 182 valence electrons. The lowest BCUT2D eigenvalue weighted by Gasteiger charge is -2.51. The Hall–Kier alpha value is -0.886. The Kier molecular flexibility index (Phi) is 7.10. The Bertz CT molecular complexity index is 970. The first-order chi connectivity index (χ1) is 15.5. The number of rotatable bonds is 5. The number of hydrogen-bond acceptors (Lipinski definition) is 7. The highest BCUT2D eigenvalue weighted by Gasteiger charge is 2.60. The van der Waals surface area contributed by atoms with Crippen LogP contribution in [-0.4, -0.2) is 55.5 Å². The molecule has 0 aromatic carbocycles. The summed E-state index contributed by atoms with van der Waals surface area (Å²) in [7, 11) is -5.33. The molecule has 33 heavy (non-hydrogen) atoms. The van der Waals surface area contributed by atoms with Crippen LogP contribution >= 0.6 is 11.6 Å². The van der Waals surface area contributed by atoms with Crippen molar-refractivity contribution in [2.45, 2.75) is 96.0 Å². The van der Waals surface area contributed by atoms with Crippen LogP contribution in [0.3, 0.4) is 0 Å². The summed E-state index contributed by atoms with van der Waals surface area (Å²) >= 11 is 6.20. The number of imidazole rings is 1. The zero-order valence-electron chi connectivity index (χ0n) is 20.7. The first-order valence-corrected chi connectivity index (χ1v) is 16.1. The highest BCUT2D eigenvalue weighted by molar-refractivity contribution is 6.84. The highest BCUT2D eigenvalue weighted by atomic mass is 35.5. The van der Waals surface area contributed by atoms with Crippen molar-refractivity contribution in [3.63, 3.8) is 0 Å². The van der Waals surface area contributed by atoms with E-state index in [1.54, 1.807) is 6.33 Å². The molecule has 2 radical (unpaired) electrons. The van der Waals surface area contributed by atoms with E-state index in [0.29, 0.717) is 22.9 Å². The maximum atomic E-state index is 7.21. The lowest BCUT2D eigenvalue weighted by atomic mass is 10.2. The van der Waals surface area contributed by atoms with Gasteiger partial charge in [-0.3, -0.25) is 4.57 Å². The van der Waals surface area contributed by atoms with Gasteiger partial charge in [0.25, 0.3) is 0 Å². The first-order valence-electron chi connectivity index (χ1n) is 11.8. The molecule has 4 heterocycles. The fourth-order valence-corrected chi connectivity index (χ4v) is 16.3. The quantitative estimate of drug-likeness (QED) is 0.392. The van der Waals surface area contributed by atoms with Gasteiger partial charge >= 0.3 is 17.1 Å². The van der Waals surface area contributed by atoms with Gasteiger partial charge in [-0.1, -0.05) is 67.0 Å². The number of nitrogens with zero attached hydrogens (tertiary/aromatic N) is 4. The molecule has 0 saturated carbocycles. The average Bonchev–Trinajstić information content (AvgIpc) is 3.32. The van der Waals surface area contributed by atoms with Gasteiger partial charge in [0, 0.05) is 0 Å². The second-order valence-electron chi connectivity index (χ2n) is 10.2. The van der Waals surface area contributed by atoms with Crippen LogP contribution in [0.5, 0.6) is 0 Å². The normalized spacial score (nSPS) is 27.5. The fourth-order valence-electron chi connectivity index (χ4n) is 5.03. The summed E-state index contributed by atoms with van der Waals surface area (Å²) < 4.78 is 29.2. The average molecular weight is 511 g/mol. The predicted molar refractivity (Wildman–Crippen MR) is 131 cm³/mol. The molecule has 2 fully saturated rings. The first kappa shape index (κ1) is 25.2. The molecule has 0 N–H and O–H groups in total. The van der Waals surface area contributed by atoms with Gasteiger partial charge < -0.3 is 17.7 Å². The van der Waals surface area contributed by atoms with Crippen LogP contribution in [-0.2, 0) is 17.7 Å². The minimum absolute atomic E-state index is 0.241. The van der Waals surface area contributed by atoms with Crippen molar-refractivity contribution >= 4 is 39.9 Å². The summed E-state index contributed by atoms with van der Waals surface area (Å²) in [6.45, 7) is 18.1. The Morgan fingerprint density at radius 3 is 2.21 bits per heavy atom. The van der Waals surface area contributed by atoms with Crippen LogP contribution in [0.1, 0.15) is 61.6 Å². The molecule has 0 amide bonds. The summed E-state index contributed by atoms with van der Waals surface area (Å²) in [5, 5.41) is 0.312. The molecule has 2 saturated heterocycles. The van der Waals surface area contributed by atoms with Crippen molar-refractivity contribution in [3.8, 4) is 0 Å². The lowest BCUT2D eigenvalue weighted by Crippen LogP contribution is -2.65. The Morgan fingerprint density at radius 1 is 0.970 bits per heavy atom. The highest BCUT2D eigenvalue weighted by Crippen LogP contribution is 2.48. The summed E-state index contributed by atoms with van der Waals surface area (Å²) in [5.41, 5.74) is 2.18. The van der Waals surface area contributed by atoms with E-state index in [1.165, 1.54) is 6.33 Å². The van der Waals surface area contributed by atoms with Gasteiger partial charge in [-0.25, -0.2) is 15.0 Å². The predicted octanol–water partition coefficient (Wildman–Crippen LogP) is 5.41. The second kappa shape index (κ2) is 9.29. The van der Waals surface area contributed by atoms with Gasteiger partial charge in [0.05, 0.1) is 25.5 Å². The van der Waals surface area contributed by atoms with Gasteiger partial charge in [-0.2, -0.15) is 0 Å². The van der Waals surface area contributed by atoms with E-state index >= 15 is 0 Å². The van der Waals surface area contributed by atoms with Gasteiger partial charge in [0.15, 0.2) is 10.8 Å². The number of halogens is 1. The van der Waals surface area contributed by atoms with Crippen LogP contribution in [0.2, 0.25) is 27.3 Å². The van der Waals surface area contributed by atoms with Crippen molar-refractivity contribution in [2.24, 2.45) is 0 Å². The molecule has 0 unspecified atom stereocenters. The standard InChI is InChI=1S/C22H35ClN4O4Si2/c1-13(2)32(14(3)4)28-10-18-17(30-33(31-32,15(5)6)16(7)8)9-19(29-18)27-12-26-20-21(23)24-11-25-22(20)27/h11-19H,10H2,1-8H3/t17-,18-,19-/m1/s1. The van der Waals surface area contributed by atoms with Crippen molar-refractivity contribution in [1.29, 1.82) is 0 Å². The largest absolute Gasteiger partial charge is 0.414 e.